The van der Waals surface area contributed by atoms with E-state index < -0.39 is 22.2 Å². The number of hydrogen-bond acceptors (Lipinski definition) is 4. The van der Waals surface area contributed by atoms with Gasteiger partial charge in [0.05, 0.1) is 17.0 Å². The van der Waals surface area contributed by atoms with Gasteiger partial charge in [-0.25, -0.2) is 13.1 Å². The van der Waals surface area contributed by atoms with Crippen LogP contribution in [0.2, 0.25) is 5.02 Å². The summed E-state index contributed by atoms with van der Waals surface area (Å²) in [6, 6.07) is 16.6. The quantitative estimate of drug-likeness (QED) is 0.718. The molecule has 0 aliphatic carbocycles. The Balaban J connectivity index is 1.61. The molecule has 0 saturated carbocycles. The van der Waals surface area contributed by atoms with Crippen molar-refractivity contribution in [3.05, 3.63) is 77.0 Å². The first kappa shape index (κ1) is 17.3. The van der Waals surface area contributed by atoms with Crippen molar-refractivity contribution < 1.29 is 17.9 Å². The maximum Gasteiger partial charge on any atom is 0.241 e. The third-order valence-corrected chi connectivity index (χ3v) is 6.21. The van der Waals surface area contributed by atoms with E-state index in [0.29, 0.717) is 22.1 Å². The molecule has 0 saturated heterocycles. The normalized spacial score (nSPS) is 21.3. The van der Waals surface area contributed by atoms with E-state index in [2.05, 4.69) is 4.72 Å². The average Bonchev–Trinajstić information content (AvgIpc) is 3.08. The molecule has 1 aromatic heterocycles. The number of rotatable bonds is 3. The summed E-state index contributed by atoms with van der Waals surface area (Å²) >= 11 is 6.00. The van der Waals surface area contributed by atoms with Crippen LogP contribution in [0.5, 0.6) is 0 Å². The number of sulfonamides is 1. The first-order chi connectivity index (χ1) is 12.4. The van der Waals surface area contributed by atoms with Crippen molar-refractivity contribution >= 4 is 21.6 Å². The molecule has 2 N–H and O–H groups in total. The summed E-state index contributed by atoms with van der Waals surface area (Å²) < 4.78 is 33.2. The molecule has 1 aliphatic heterocycles. The Bertz CT molecular complexity index is 1060. The van der Waals surface area contributed by atoms with E-state index in [1.807, 2.05) is 12.1 Å². The van der Waals surface area contributed by atoms with Gasteiger partial charge in [0.1, 0.15) is 11.5 Å². The van der Waals surface area contributed by atoms with E-state index >= 15 is 0 Å². The Morgan fingerprint density at radius 2 is 1.88 bits per heavy atom. The highest BCUT2D eigenvalue weighted by Gasteiger charge is 2.36. The van der Waals surface area contributed by atoms with Crippen LogP contribution in [-0.2, 0) is 16.4 Å². The van der Waals surface area contributed by atoms with Gasteiger partial charge in [-0.3, -0.25) is 0 Å². The molecule has 0 fully saturated rings. The number of fused-ring (bicyclic) bond motifs is 1. The molecular formula is C19H16ClNO4S. The molecule has 26 heavy (non-hydrogen) atoms. The van der Waals surface area contributed by atoms with Gasteiger partial charge >= 0.3 is 0 Å². The van der Waals surface area contributed by atoms with E-state index in [4.69, 9.17) is 16.0 Å². The molecule has 3 aromatic rings. The lowest BCUT2D eigenvalue weighted by Gasteiger charge is -2.30. The molecular weight excluding hydrogens is 374 g/mol. The highest BCUT2D eigenvalue weighted by Crippen LogP contribution is 2.32. The molecule has 7 heteroatoms. The predicted molar refractivity (Wildman–Crippen MR) is 98.4 cm³/mol. The van der Waals surface area contributed by atoms with Gasteiger partial charge in [0, 0.05) is 22.6 Å². The zero-order valence-electron chi connectivity index (χ0n) is 13.6. The van der Waals surface area contributed by atoms with E-state index in [-0.39, 0.29) is 11.3 Å². The van der Waals surface area contributed by atoms with Crippen molar-refractivity contribution in [1.29, 1.82) is 0 Å². The van der Waals surface area contributed by atoms with Crippen LogP contribution in [0.3, 0.4) is 0 Å². The topological polar surface area (TPSA) is 79.5 Å². The van der Waals surface area contributed by atoms with E-state index in [1.54, 1.807) is 42.5 Å². The highest BCUT2D eigenvalue weighted by molar-refractivity contribution is 7.89. The molecule has 5 nitrogen and oxygen atoms in total. The number of aliphatic hydroxyl groups is 1. The van der Waals surface area contributed by atoms with E-state index in [1.165, 1.54) is 6.07 Å². The number of benzene rings is 2. The van der Waals surface area contributed by atoms with Crippen molar-refractivity contribution in [2.45, 2.75) is 23.5 Å². The third-order valence-electron chi connectivity index (χ3n) is 4.41. The van der Waals surface area contributed by atoms with Crippen LogP contribution in [0.25, 0.3) is 11.3 Å². The van der Waals surface area contributed by atoms with Crippen molar-refractivity contribution in [2.24, 2.45) is 0 Å². The van der Waals surface area contributed by atoms with E-state index in [0.717, 1.165) is 5.56 Å². The van der Waals surface area contributed by atoms with Crippen LogP contribution >= 0.6 is 11.6 Å². The van der Waals surface area contributed by atoms with Crippen molar-refractivity contribution in [1.82, 2.24) is 4.72 Å². The Hall–Kier alpha value is -2.12. The molecule has 0 radical (unpaired) electrons. The number of nitrogens with one attached hydrogen (secondary N) is 1. The van der Waals surface area contributed by atoms with Crippen LogP contribution in [0.15, 0.2) is 70.0 Å². The van der Waals surface area contributed by atoms with Gasteiger partial charge in [0.2, 0.25) is 10.0 Å². The largest absolute Gasteiger partial charge is 0.461 e. The van der Waals surface area contributed by atoms with Crippen LogP contribution in [0, 0.1) is 0 Å². The second-order valence-corrected chi connectivity index (χ2v) is 8.31. The Kier molecular flexibility index (Phi) is 4.36. The highest BCUT2D eigenvalue weighted by atomic mass is 35.5. The van der Waals surface area contributed by atoms with Crippen molar-refractivity contribution in [3.63, 3.8) is 0 Å². The van der Waals surface area contributed by atoms with Gasteiger partial charge in [-0.15, -0.1) is 0 Å². The molecule has 1 aliphatic rings. The fourth-order valence-electron chi connectivity index (χ4n) is 3.17. The molecule has 134 valence electrons. The van der Waals surface area contributed by atoms with Gasteiger partial charge in [-0.1, -0.05) is 41.9 Å². The lowest BCUT2D eigenvalue weighted by Crippen LogP contribution is -2.45. The minimum Gasteiger partial charge on any atom is -0.461 e. The zero-order chi connectivity index (χ0) is 18.3. The zero-order valence-corrected chi connectivity index (χ0v) is 15.2. The molecule has 0 unspecified atom stereocenters. The Labute approximate surface area is 156 Å². The molecule has 2 atom stereocenters. The average molecular weight is 390 g/mol. The summed E-state index contributed by atoms with van der Waals surface area (Å²) in [6.45, 7) is 0. The maximum atomic E-state index is 12.4. The first-order valence-corrected chi connectivity index (χ1v) is 9.94. The number of hydrogen-bond donors (Lipinski definition) is 2. The van der Waals surface area contributed by atoms with Gasteiger partial charge in [-0.2, -0.15) is 0 Å². The SMILES string of the molecule is O=S1(=O)N[C@@H](Cc2ccc(-c3cccc(Cl)c3)o2)[C@H](O)c2ccccc21. The van der Waals surface area contributed by atoms with Crippen molar-refractivity contribution in [3.8, 4) is 11.3 Å². The number of halogens is 1. The lowest BCUT2D eigenvalue weighted by molar-refractivity contribution is 0.129. The summed E-state index contributed by atoms with van der Waals surface area (Å²) in [5.41, 5.74) is 1.23. The smallest absolute Gasteiger partial charge is 0.241 e. The third kappa shape index (κ3) is 3.17. The Morgan fingerprint density at radius 3 is 2.69 bits per heavy atom. The molecule has 0 bridgehead atoms. The second-order valence-electron chi connectivity index (χ2n) is 6.19. The summed E-state index contributed by atoms with van der Waals surface area (Å²) in [4.78, 5) is 0.114. The number of furan rings is 1. The van der Waals surface area contributed by atoms with Gasteiger partial charge in [0.15, 0.2) is 0 Å². The molecule has 2 heterocycles. The van der Waals surface area contributed by atoms with Gasteiger partial charge in [-0.05, 0) is 30.3 Å². The first-order valence-electron chi connectivity index (χ1n) is 8.08. The van der Waals surface area contributed by atoms with Gasteiger partial charge in [0.25, 0.3) is 0 Å². The predicted octanol–water partition coefficient (Wildman–Crippen LogP) is 3.54. The minimum absolute atomic E-state index is 0.114. The summed E-state index contributed by atoms with van der Waals surface area (Å²) in [5, 5.41) is 11.2. The fourth-order valence-corrected chi connectivity index (χ4v) is 4.85. The maximum absolute atomic E-state index is 12.4. The Morgan fingerprint density at radius 1 is 1.08 bits per heavy atom. The van der Waals surface area contributed by atoms with Crippen molar-refractivity contribution in [2.75, 3.05) is 0 Å². The lowest BCUT2D eigenvalue weighted by atomic mass is 9.99. The molecule has 4 rings (SSSR count). The van der Waals surface area contributed by atoms with Crippen LogP contribution < -0.4 is 4.72 Å². The standard InChI is InChI=1S/C19H16ClNO4S/c20-13-5-3-4-12(10-13)17-9-8-14(25-17)11-16-19(22)15-6-1-2-7-18(15)26(23,24)21-16/h1-10,16,19,21-22H,11H2/t16-,19+/m0/s1. The fraction of sp³-hybridized carbons (Fsp3) is 0.158. The summed E-state index contributed by atoms with van der Waals surface area (Å²) in [7, 11) is -3.66. The van der Waals surface area contributed by atoms with Crippen LogP contribution in [0.4, 0.5) is 0 Å². The molecule has 0 spiro atoms. The number of aliphatic hydroxyl groups excluding tert-OH is 1. The molecule has 0 amide bonds. The monoisotopic (exact) mass is 389 g/mol. The van der Waals surface area contributed by atoms with Crippen LogP contribution in [-0.4, -0.2) is 19.6 Å². The summed E-state index contributed by atoms with van der Waals surface area (Å²) in [5.74, 6) is 1.21. The van der Waals surface area contributed by atoms with Crippen LogP contribution in [0.1, 0.15) is 17.4 Å². The van der Waals surface area contributed by atoms with Gasteiger partial charge < -0.3 is 9.52 Å². The second kappa shape index (κ2) is 6.55. The molecule has 2 aromatic carbocycles. The van der Waals surface area contributed by atoms with E-state index in [9.17, 15) is 13.5 Å². The minimum atomic E-state index is -3.66. The summed E-state index contributed by atoms with van der Waals surface area (Å²) in [6.07, 6.45) is -0.718.